The molecule has 110 valence electrons. The number of nitrogens with one attached hydrogen (secondary N) is 1. The molecule has 0 saturated heterocycles. The lowest BCUT2D eigenvalue weighted by atomic mass is 10.1. The second-order valence-corrected chi connectivity index (χ2v) is 4.00. The maximum atomic E-state index is 11.6. The number of amides is 1. The number of rotatable bonds is 6. The van der Waals surface area contributed by atoms with Gasteiger partial charge in [-0.2, -0.15) is 5.26 Å². The number of hydrogen-bond donors (Lipinski definition) is 1. The van der Waals surface area contributed by atoms with Crippen LogP contribution in [0.1, 0.15) is 15.9 Å². The number of carbonyl (C=O) groups is 2. The minimum Gasteiger partial charge on any atom is -0.459 e. The summed E-state index contributed by atoms with van der Waals surface area (Å²) in [5.41, 5.74) is 1.01. The molecule has 1 amide bonds. The third-order valence-corrected chi connectivity index (χ3v) is 2.57. The summed E-state index contributed by atoms with van der Waals surface area (Å²) in [4.78, 5) is 23.0. The van der Waals surface area contributed by atoms with Gasteiger partial charge in [0.15, 0.2) is 0 Å². The van der Waals surface area contributed by atoms with Crippen molar-refractivity contribution in [1.29, 1.82) is 5.26 Å². The normalized spacial score (nSPS) is 10.6. The maximum Gasteiger partial charge on any atom is 0.348 e. The first-order chi connectivity index (χ1) is 10.1. The van der Waals surface area contributed by atoms with Gasteiger partial charge in [0.25, 0.3) is 5.91 Å². The predicted molar refractivity (Wildman–Crippen MR) is 76.3 cm³/mol. The highest BCUT2D eigenvalue weighted by Gasteiger charge is 2.10. The second kappa shape index (κ2) is 8.51. The molecule has 1 aromatic rings. The molecular formula is C15H16N2O4. The van der Waals surface area contributed by atoms with E-state index in [9.17, 15) is 9.59 Å². The number of ether oxygens (including phenoxy) is 2. The van der Waals surface area contributed by atoms with Crippen LogP contribution in [0.5, 0.6) is 0 Å². The van der Waals surface area contributed by atoms with Crippen LogP contribution in [0.15, 0.2) is 29.8 Å². The van der Waals surface area contributed by atoms with Crippen LogP contribution >= 0.6 is 0 Å². The van der Waals surface area contributed by atoms with E-state index in [0.717, 1.165) is 0 Å². The lowest BCUT2D eigenvalue weighted by Crippen LogP contribution is -2.17. The van der Waals surface area contributed by atoms with Gasteiger partial charge in [-0.15, -0.1) is 0 Å². The van der Waals surface area contributed by atoms with E-state index in [0.29, 0.717) is 11.1 Å². The van der Waals surface area contributed by atoms with E-state index in [-0.39, 0.29) is 24.7 Å². The number of esters is 1. The van der Waals surface area contributed by atoms with Gasteiger partial charge in [0.1, 0.15) is 18.2 Å². The number of benzene rings is 1. The van der Waals surface area contributed by atoms with Crippen LogP contribution in [-0.4, -0.2) is 39.2 Å². The molecule has 0 heterocycles. The Bertz CT molecular complexity index is 570. The van der Waals surface area contributed by atoms with Crippen LogP contribution < -0.4 is 5.32 Å². The molecule has 21 heavy (non-hydrogen) atoms. The molecule has 6 heteroatoms. The average molecular weight is 288 g/mol. The molecule has 0 unspecified atom stereocenters. The number of nitrogens with zero attached hydrogens (tertiary/aromatic N) is 1. The van der Waals surface area contributed by atoms with Crippen LogP contribution in [0.3, 0.4) is 0 Å². The highest BCUT2D eigenvalue weighted by molar-refractivity contribution is 5.98. The number of carbonyl (C=O) groups excluding carboxylic acids is 2. The number of methoxy groups -OCH3 is 1. The Balaban J connectivity index is 2.81. The van der Waals surface area contributed by atoms with Crippen molar-refractivity contribution in [2.24, 2.45) is 0 Å². The van der Waals surface area contributed by atoms with Crippen LogP contribution in [0.4, 0.5) is 0 Å². The summed E-state index contributed by atoms with van der Waals surface area (Å²) in [5.74, 6) is -0.907. The summed E-state index contributed by atoms with van der Waals surface area (Å²) < 4.78 is 9.62. The highest BCUT2D eigenvalue weighted by atomic mass is 16.6. The van der Waals surface area contributed by atoms with Crippen LogP contribution in [0.25, 0.3) is 6.08 Å². The Morgan fingerprint density at radius 1 is 1.29 bits per heavy atom. The van der Waals surface area contributed by atoms with Crippen molar-refractivity contribution in [3.05, 3.63) is 41.0 Å². The summed E-state index contributed by atoms with van der Waals surface area (Å²) in [5, 5.41) is 11.5. The van der Waals surface area contributed by atoms with E-state index in [4.69, 9.17) is 14.7 Å². The van der Waals surface area contributed by atoms with Crippen molar-refractivity contribution in [2.45, 2.75) is 0 Å². The highest BCUT2D eigenvalue weighted by Crippen LogP contribution is 2.10. The minimum atomic E-state index is -0.704. The van der Waals surface area contributed by atoms with E-state index >= 15 is 0 Å². The van der Waals surface area contributed by atoms with E-state index in [1.807, 2.05) is 0 Å². The first kappa shape index (κ1) is 16.4. The first-order valence-corrected chi connectivity index (χ1v) is 6.22. The Morgan fingerprint density at radius 2 is 1.95 bits per heavy atom. The number of hydrogen-bond acceptors (Lipinski definition) is 5. The molecule has 0 saturated carbocycles. The molecule has 0 aliphatic rings. The molecule has 1 N–H and O–H groups in total. The molecule has 0 aliphatic heterocycles. The van der Waals surface area contributed by atoms with Crippen molar-refractivity contribution in [1.82, 2.24) is 5.32 Å². The van der Waals surface area contributed by atoms with E-state index in [1.54, 1.807) is 37.4 Å². The summed E-state index contributed by atoms with van der Waals surface area (Å²) in [6.07, 6.45) is 1.41. The second-order valence-electron chi connectivity index (χ2n) is 4.00. The summed E-state index contributed by atoms with van der Waals surface area (Å²) >= 11 is 0. The fraction of sp³-hybridized carbons (Fsp3) is 0.267. The summed E-state index contributed by atoms with van der Waals surface area (Å²) in [7, 11) is 3.03. The molecular weight excluding hydrogens is 272 g/mol. The summed E-state index contributed by atoms with van der Waals surface area (Å²) in [6.45, 7) is 0.356. The zero-order valence-electron chi connectivity index (χ0n) is 11.9. The standard InChI is InChI=1S/C15H16N2O4/c1-17-14(18)12-5-3-11(4-6-12)9-13(10-16)15(19)21-8-7-20-2/h3-6,9H,7-8H2,1-2H3,(H,17,18). The third-order valence-electron chi connectivity index (χ3n) is 2.57. The van der Waals surface area contributed by atoms with Gasteiger partial charge >= 0.3 is 5.97 Å². The van der Waals surface area contributed by atoms with Crippen molar-refractivity contribution >= 4 is 18.0 Å². The van der Waals surface area contributed by atoms with Gasteiger partial charge in [0.2, 0.25) is 0 Å². The Hall–Kier alpha value is -2.65. The van der Waals surface area contributed by atoms with Gasteiger partial charge in [-0.05, 0) is 23.8 Å². The van der Waals surface area contributed by atoms with Crippen molar-refractivity contribution < 1.29 is 19.1 Å². The topological polar surface area (TPSA) is 88.4 Å². The fourth-order valence-corrected chi connectivity index (χ4v) is 1.47. The Morgan fingerprint density at radius 3 is 2.48 bits per heavy atom. The Labute approximate surface area is 123 Å². The molecule has 0 spiro atoms. The molecule has 0 atom stereocenters. The average Bonchev–Trinajstić information content (AvgIpc) is 2.52. The van der Waals surface area contributed by atoms with Gasteiger partial charge in [-0.25, -0.2) is 4.79 Å². The monoisotopic (exact) mass is 288 g/mol. The van der Waals surface area contributed by atoms with Crippen LogP contribution in [-0.2, 0) is 14.3 Å². The van der Waals surface area contributed by atoms with Crippen molar-refractivity contribution in [2.75, 3.05) is 27.4 Å². The lowest BCUT2D eigenvalue weighted by Gasteiger charge is -2.03. The van der Waals surface area contributed by atoms with E-state index in [1.165, 1.54) is 13.2 Å². The Kier molecular flexibility index (Phi) is 6.65. The molecule has 0 bridgehead atoms. The zero-order chi connectivity index (χ0) is 15.7. The third kappa shape index (κ3) is 5.09. The molecule has 0 fully saturated rings. The molecule has 0 radical (unpaired) electrons. The lowest BCUT2D eigenvalue weighted by molar-refractivity contribution is -0.139. The van der Waals surface area contributed by atoms with Crippen LogP contribution in [0.2, 0.25) is 0 Å². The van der Waals surface area contributed by atoms with Crippen molar-refractivity contribution in [3.63, 3.8) is 0 Å². The minimum absolute atomic E-state index is 0.0873. The first-order valence-electron chi connectivity index (χ1n) is 6.22. The maximum absolute atomic E-state index is 11.6. The van der Waals surface area contributed by atoms with Gasteiger partial charge in [-0.1, -0.05) is 12.1 Å². The smallest absolute Gasteiger partial charge is 0.348 e. The summed E-state index contributed by atoms with van der Waals surface area (Å²) in [6, 6.07) is 8.29. The van der Waals surface area contributed by atoms with Gasteiger partial charge in [0, 0.05) is 19.7 Å². The van der Waals surface area contributed by atoms with Crippen molar-refractivity contribution in [3.8, 4) is 6.07 Å². The SMILES string of the molecule is CNC(=O)c1ccc(C=C(C#N)C(=O)OCCOC)cc1. The quantitative estimate of drug-likeness (QED) is 0.367. The van der Waals surface area contributed by atoms with Gasteiger partial charge in [-0.3, -0.25) is 4.79 Å². The van der Waals surface area contributed by atoms with Gasteiger partial charge < -0.3 is 14.8 Å². The molecule has 0 aliphatic carbocycles. The fourth-order valence-electron chi connectivity index (χ4n) is 1.47. The van der Waals surface area contributed by atoms with E-state index in [2.05, 4.69) is 5.32 Å². The molecule has 1 aromatic carbocycles. The van der Waals surface area contributed by atoms with Crippen LogP contribution in [0, 0.1) is 11.3 Å². The zero-order valence-corrected chi connectivity index (χ0v) is 11.9. The van der Waals surface area contributed by atoms with E-state index < -0.39 is 5.97 Å². The molecule has 0 aromatic heterocycles. The van der Waals surface area contributed by atoms with Gasteiger partial charge in [0.05, 0.1) is 6.61 Å². The number of nitriles is 1. The molecule has 6 nitrogen and oxygen atoms in total. The largest absolute Gasteiger partial charge is 0.459 e. The molecule has 1 rings (SSSR count). The predicted octanol–water partition coefficient (Wildman–Crippen LogP) is 1.14.